The summed E-state index contributed by atoms with van der Waals surface area (Å²) in [6, 6.07) is 0.445. The minimum absolute atomic E-state index is 0.132. The summed E-state index contributed by atoms with van der Waals surface area (Å²) in [5.41, 5.74) is 0.653. The molecule has 1 spiro atoms. The van der Waals surface area contributed by atoms with Gasteiger partial charge < -0.3 is 9.64 Å². The predicted octanol–water partition coefficient (Wildman–Crippen LogP) is 2.84. The first kappa shape index (κ1) is 13.4. The molecule has 0 bridgehead atoms. The molecule has 3 aliphatic rings. The first-order valence-corrected chi connectivity index (χ1v) is 7.84. The zero-order valence-electron chi connectivity index (χ0n) is 12.6. The molecule has 19 heavy (non-hydrogen) atoms. The number of amides is 1. The van der Waals surface area contributed by atoms with E-state index in [1.54, 1.807) is 0 Å². The third-order valence-corrected chi connectivity index (χ3v) is 6.06. The maximum absolute atomic E-state index is 12.9. The number of likely N-dealkylation sites (tertiary alicyclic amines) is 1. The highest BCUT2D eigenvalue weighted by Gasteiger charge is 2.53. The molecule has 0 aromatic heterocycles. The van der Waals surface area contributed by atoms with Gasteiger partial charge in [0, 0.05) is 31.7 Å². The maximum atomic E-state index is 12.9. The van der Waals surface area contributed by atoms with Gasteiger partial charge in [0.1, 0.15) is 0 Å². The van der Waals surface area contributed by atoms with E-state index in [2.05, 4.69) is 25.7 Å². The molecular formula is C16H27NO2. The summed E-state index contributed by atoms with van der Waals surface area (Å²) in [5, 5.41) is 0. The van der Waals surface area contributed by atoms with Gasteiger partial charge in [-0.25, -0.2) is 0 Å². The predicted molar refractivity (Wildman–Crippen MR) is 74.8 cm³/mol. The lowest BCUT2D eigenvalue weighted by atomic mass is 9.71. The van der Waals surface area contributed by atoms with Crippen molar-refractivity contribution in [2.75, 3.05) is 19.8 Å². The van der Waals surface area contributed by atoms with Crippen molar-refractivity contribution in [2.24, 2.45) is 16.7 Å². The summed E-state index contributed by atoms with van der Waals surface area (Å²) >= 11 is 0. The minimum atomic E-state index is 0.132. The van der Waals surface area contributed by atoms with Crippen LogP contribution >= 0.6 is 0 Å². The van der Waals surface area contributed by atoms with E-state index >= 15 is 0 Å². The molecule has 0 aromatic carbocycles. The van der Waals surface area contributed by atoms with Gasteiger partial charge in [0.25, 0.3) is 0 Å². The molecule has 1 amide bonds. The Morgan fingerprint density at radius 3 is 2.42 bits per heavy atom. The van der Waals surface area contributed by atoms with Crippen LogP contribution in [0.1, 0.15) is 52.9 Å². The van der Waals surface area contributed by atoms with E-state index in [-0.39, 0.29) is 11.3 Å². The number of nitrogens with zero attached hydrogens (tertiary/aromatic N) is 1. The molecule has 2 atom stereocenters. The Kier molecular flexibility index (Phi) is 3.16. The van der Waals surface area contributed by atoms with Crippen molar-refractivity contribution in [3.05, 3.63) is 0 Å². The molecule has 108 valence electrons. The van der Waals surface area contributed by atoms with Crippen molar-refractivity contribution in [3.63, 3.8) is 0 Å². The summed E-state index contributed by atoms with van der Waals surface area (Å²) in [7, 11) is 0. The van der Waals surface area contributed by atoms with Gasteiger partial charge in [0.2, 0.25) is 5.91 Å². The van der Waals surface area contributed by atoms with E-state index in [9.17, 15) is 4.79 Å². The molecule has 3 fully saturated rings. The van der Waals surface area contributed by atoms with Crippen molar-refractivity contribution >= 4 is 5.91 Å². The van der Waals surface area contributed by atoms with E-state index in [4.69, 9.17) is 4.74 Å². The quantitative estimate of drug-likeness (QED) is 0.768. The lowest BCUT2D eigenvalue weighted by molar-refractivity contribution is -0.142. The molecule has 3 heteroatoms. The molecule has 2 aliphatic heterocycles. The standard InChI is InChI=1S/C16H27NO2/c1-12-10-16(4-5-16)11-17(12)14(18)13(2)15(3)6-8-19-9-7-15/h12-13H,4-11H2,1-3H3/t12-,13?/m1/s1. The zero-order chi connectivity index (χ0) is 13.7. The van der Waals surface area contributed by atoms with Gasteiger partial charge in [-0.05, 0) is 49.9 Å². The van der Waals surface area contributed by atoms with Crippen molar-refractivity contribution < 1.29 is 9.53 Å². The third-order valence-electron chi connectivity index (χ3n) is 6.06. The minimum Gasteiger partial charge on any atom is -0.381 e. The molecule has 3 rings (SSSR count). The molecule has 1 aliphatic carbocycles. The molecule has 0 aromatic rings. The van der Waals surface area contributed by atoms with Crippen LogP contribution in [0.15, 0.2) is 0 Å². The molecule has 0 N–H and O–H groups in total. The highest BCUT2D eigenvalue weighted by atomic mass is 16.5. The van der Waals surface area contributed by atoms with E-state index in [1.165, 1.54) is 19.3 Å². The normalized spacial score (nSPS) is 33.4. The maximum Gasteiger partial charge on any atom is 0.226 e. The first-order valence-electron chi connectivity index (χ1n) is 7.84. The van der Waals surface area contributed by atoms with Gasteiger partial charge in [-0.2, -0.15) is 0 Å². The van der Waals surface area contributed by atoms with Gasteiger partial charge in [0.05, 0.1) is 0 Å². The second-order valence-electron chi connectivity index (χ2n) is 7.51. The third kappa shape index (κ3) is 2.31. The van der Waals surface area contributed by atoms with E-state index in [0.29, 0.717) is 17.4 Å². The van der Waals surface area contributed by atoms with Crippen LogP contribution in [0.25, 0.3) is 0 Å². The fourth-order valence-corrected chi connectivity index (χ4v) is 3.97. The number of rotatable bonds is 2. The summed E-state index contributed by atoms with van der Waals surface area (Å²) < 4.78 is 5.46. The average molecular weight is 265 g/mol. The van der Waals surface area contributed by atoms with Crippen LogP contribution in [0, 0.1) is 16.7 Å². The summed E-state index contributed by atoms with van der Waals surface area (Å²) in [6.07, 6.45) is 5.94. The fraction of sp³-hybridized carbons (Fsp3) is 0.938. The average Bonchev–Trinajstić information content (AvgIpc) is 3.05. The number of ether oxygens (including phenoxy) is 1. The highest BCUT2D eigenvalue weighted by molar-refractivity contribution is 5.80. The Morgan fingerprint density at radius 1 is 1.26 bits per heavy atom. The molecule has 1 saturated carbocycles. The fourth-order valence-electron chi connectivity index (χ4n) is 3.97. The topological polar surface area (TPSA) is 29.5 Å². The smallest absolute Gasteiger partial charge is 0.226 e. The van der Waals surface area contributed by atoms with Crippen LogP contribution < -0.4 is 0 Å². The summed E-state index contributed by atoms with van der Waals surface area (Å²) in [4.78, 5) is 15.0. The van der Waals surface area contributed by atoms with Gasteiger partial charge in [0.15, 0.2) is 0 Å². The number of carbonyl (C=O) groups is 1. The van der Waals surface area contributed by atoms with Crippen molar-refractivity contribution in [3.8, 4) is 0 Å². The second kappa shape index (κ2) is 4.47. The molecule has 2 saturated heterocycles. The van der Waals surface area contributed by atoms with Crippen molar-refractivity contribution in [1.82, 2.24) is 4.90 Å². The van der Waals surface area contributed by atoms with Gasteiger partial charge in [-0.3, -0.25) is 4.79 Å². The Labute approximate surface area is 116 Å². The molecular weight excluding hydrogens is 238 g/mol. The van der Waals surface area contributed by atoms with Gasteiger partial charge in [-0.1, -0.05) is 13.8 Å². The second-order valence-corrected chi connectivity index (χ2v) is 7.51. The Bertz CT molecular complexity index is 369. The number of hydrogen-bond donors (Lipinski definition) is 0. The SMILES string of the molecule is CC(C(=O)N1CC2(CC2)C[C@H]1C)C1(C)CCOCC1. The van der Waals surface area contributed by atoms with Crippen LogP contribution in [0.2, 0.25) is 0 Å². The summed E-state index contributed by atoms with van der Waals surface area (Å²) in [6.45, 7) is 9.28. The van der Waals surface area contributed by atoms with Crippen molar-refractivity contribution in [1.29, 1.82) is 0 Å². The lowest BCUT2D eigenvalue weighted by Gasteiger charge is -2.40. The van der Waals surface area contributed by atoms with Crippen LogP contribution in [0.5, 0.6) is 0 Å². The van der Waals surface area contributed by atoms with Crippen LogP contribution in [0.3, 0.4) is 0 Å². The van der Waals surface area contributed by atoms with Crippen LogP contribution in [-0.2, 0) is 9.53 Å². The van der Waals surface area contributed by atoms with Gasteiger partial charge >= 0.3 is 0 Å². The molecule has 3 nitrogen and oxygen atoms in total. The summed E-state index contributed by atoms with van der Waals surface area (Å²) in [5.74, 6) is 0.522. The molecule has 1 unspecified atom stereocenters. The largest absolute Gasteiger partial charge is 0.381 e. The van der Waals surface area contributed by atoms with Crippen LogP contribution in [-0.4, -0.2) is 36.6 Å². The highest BCUT2D eigenvalue weighted by Crippen LogP contribution is 2.55. The Morgan fingerprint density at radius 2 is 1.89 bits per heavy atom. The van der Waals surface area contributed by atoms with Crippen LogP contribution in [0.4, 0.5) is 0 Å². The lowest BCUT2D eigenvalue weighted by Crippen LogP contribution is -2.45. The van der Waals surface area contributed by atoms with E-state index in [1.807, 2.05) is 0 Å². The van der Waals surface area contributed by atoms with Gasteiger partial charge in [-0.15, -0.1) is 0 Å². The monoisotopic (exact) mass is 265 g/mol. The molecule has 0 radical (unpaired) electrons. The molecule has 2 heterocycles. The Balaban J connectivity index is 1.69. The van der Waals surface area contributed by atoms with Crippen molar-refractivity contribution in [2.45, 2.75) is 58.9 Å². The number of hydrogen-bond acceptors (Lipinski definition) is 2. The first-order chi connectivity index (χ1) is 8.96. The van der Waals surface area contributed by atoms with E-state index in [0.717, 1.165) is 32.6 Å². The zero-order valence-corrected chi connectivity index (χ0v) is 12.6. The number of carbonyl (C=O) groups excluding carboxylic acids is 1. The van der Waals surface area contributed by atoms with E-state index < -0.39 is 0 Å². The Hall–Kier alpha value is -0.570.